The van der Waals surface area contributed by atoms with Gasteiger partial charge in [-0.15, -0.1) is 0 Å². The summed E-state index contributed by atoms with van der Waals surface area (Å²) in [6, 6.07) is 0. The van der Waals surface area contributed by atoms with E-state index in [-0.39, 0.29) is 25.9 Å². The second-order valence-electron chi connectivity index (χ2n) is 5.37. The number of aliphatic hydroxyl groups is 5. The van der Waals surface area contributed by atoms with Crippen molar-refractivity contribution in [3.05, 3.63) is 0 Å². The summed E-state index contributed by atoms with van der Waals surface area (Å²) < 4.78 is 4.70. The van der Waals surface area contributed by atoms with Gasteiger partial charge in [-0.3, -0.25) is 4.79 Å². The molecule has 0 aliphatic carbocycles. The number of hydrogen-bond acceptors (Lipinski definition) is 8. The smallest absolute Gasteiger partial charge is 0.366 e. The van der Waals surface area contributed by atoms with Crippen LogP contribution in [0.2, 0.25) is 0 Å². The highest BCUT2D eigenvalue weighted by Gasteiger charge is 2.34. The summed E-state index contributed by atoms with van der Waals surface area (Å²) in [4.78, 5) is 21.7. The van der Waals surface area contributed by atoms with Crippen LogP contribution in [0.15, 0.2) is 0 Å². The molecular formula is C14H26O9. The van der Waals surface area contributed by atoms with E-state index in [1.54, 1.807) is 0 Å². The lowest BCUT2D eigenvalue weighted by atomic mass is 10.1. The van der Waals surface area contributed by atoms with Crippen LogP contribution in [0, 0.1) is 0 Å². The Morgan fingerprint density at radius 3 is 2.22 bits per heavy atom. The van der Waals surface area contributed by atoms with Gasteiger partial charge in [-0.2, -0.15) is 0 Å². The molecule has 2 atom stereocenters. The van der Waals surface area contributed by atoms with E-state index in [0.29, 0.717) is 19.3 Å². The van der Waals surface area contributed by atoms with Gasteiger partial charge >= 0.3 is 11.9 Å². The molecule has 0 spiro atoms. The minimum Gasteiger partial charge on any atom is -0.481 e. The Bertz CT molecular complexity index is 356. The van der Waals surface area contributed by atoms with Gasteiger partial charge in [0.05, 0.1) is 19.3 Å². The van der Waals surface area contributed by atoms with Crippen LogP contribution in [0.5, 0.6) is 0 Å². The molecule has 9 heteroatoms. The molecule has 0 bridgehead atoms. The lowest BCUT2D eigenvalue weighted by Gasteiger charge is -2.19. The van der Waals surface area contributed by atoms with E-state index in [0.717, 1.165) is 0 Å². The first kappa shape index (κ1) is 21.7. The van der Waals surface area contributed by atoms with E-state index in [9.17, 15) is 24.9 Å². The van der Waals surface area contributed by atoms with Crippen LogP contribution in [-0.2, 0) is 14.3 Å². The minimum absolute atomic E-state index is 0.0424. The van der Waals surface area contributed by atoms with Gasteiger partial charge in [0.15, 0.2) is 0 Å². The Morgan fingerprint density at radius 1 is 1.00 bits per heavy atom. The van der Waals surface area contributed by atoms with Crippen molar-refractivity contribution in [2.24, 2.45) is 0 Å². The van der Waals surface area contributed by atoms with Crippen molar-refractivity contribution >= 4 is 11.9 Å². The zero-order chi connectivity index (χ0) is 17.9. The Kier molecular flexibility index (Phi) is 10.7. The molecule has 0 fully saturated rings. The standard InChI is InChI=1S/C14H26O9/c15-9-11(17)10(16)5-2-1-3-8-23-13(20)14(21,22)7-4-6-12(18)19/h10-11,15-17,21-22H,1-9H2,(H,18,19). The molecule has 6 N–H and O–H groups in total. The predicted molar refractivity (Wildman–Crippen MR) is 77.2 cm³/mol. The van der Waals surface area contributed by atoms with Crippen LogP contribution >= 0.6 is 0 Å². The van der Waals surface area contributed by atoms with Crippen LogP contribution in [0.4, 0.5) is 0 Å². The average molecular weight is 338 g/mol. The third kappa shape index (κ3) is 10.2. The Labute approximate surface area is 134 Å². The molecule has 9 nitrogen and oxygen atoms in total. The molecule has 0 rings (SSSR count). The topological polar surface area (TPSA) is 165 Å². The lowest BCUT2D eigenvalue weighted by molar-refractivity contribution is -0.212. The zero-order valence-corrected chi connectivity index (χ0v) is 12.9. The first-order valence-corrected chi connectivity index (χ1v) is 7.51. The van der Waals surface area contributed by atoms with Crippen molar-refractivity contribution in [1.29, 1.82) is 0 Å². The zero-order valence-electron chi connectivity index (χ0n) is 12.9. The highest BCUT2D eigenvalue weighted by atomic mass is 16.6. The molecule has 0 aliphatic heterocycles. The Hall–Kier alpha value is -1.26. The fourth-order valence-electron chi connectivity index (χ4n) is 1.82. The summed E-state index contributed by atoms with van der Waals surface area (Å²) in [5.74, 6) is -5.02. The maximum atomic E-state index is 11.4. The average Bonchev–Trinajstić information content (AvgIpc) is 2.48. The van der Waals surface area contributed by atoms with Gasteiger partial charge in [-0.25, -0.2) is 4.79 Å². The fourth-order valence-corrected chi connectivity index (χ4v) is 1.82. The van der Waals surface area contributed by atoms with E-state index >= 15 is 0 Å². The molecule has 0 aromatic heterocycles. The number of aliphatic carboxylic acids is 1. The van der Waals surface area contributed by atoms with E-state index in [1.165, 1.54) is 0 Å². The Morgan fingerprint density at radius 2 is 1.65 bits per heavy atom. The number of esters is 1. The van der Waals surface area contributed by atoms with Crippen molar-refractivity contribution in [3.63, 3.8) is 0 Å². The first-order chi connectivity index (χ1) is 10.7. The SMILES string of the molecule is O=C(O)CCCC(O)(O)C(=O)OCCCCCC(O)C(O)CO. The molecule has 2 unspecified atom stereocenters. The van der Waals surface area contributed by atoms with Crippen LogP contribution < -0.4 is 0 Å². The fraction of sp³-hybridized carbons (Fsp3) is 0.857. The van der Waals surface area contributed by atoms with Crippen LogP contribution in [0.3, 0.4) is 0 Å². The van der Waals surface area contributed by atoms with E-state index in [4.69, 9.17) is 20.1 Å². The van der Waals surface area contributed by atoms with Crippen molar-refractivity contribution in [2.45, 2.75) is 62.9 Å². The van der Waals surface area contributed by atoms with Crippen LogP contribution in [-0.4, -0.2) is 73.8 Å². The van der Waals surface area contributed by atoms with Gasteiger partial charge in [0.25, 0.3) is 5.79 Å². The number of unbranched alkanes of at least 4 members (excludes halogenated alkanes) is 2. The van der Waals surface area contributed by atoms with Crippen LogP contribution in [0.1, 0.15) is 44.9 Å². The molecule has 0 amide bonds. The van der Waals surface area contributed by atoms with Gasteiger partial charge < -0.3 is 35.4 Å². The molecule has 0 radical (unpaired) electrons. The molecule has 0 aromatic rings. The van der Waals surface area contributed by atoms with Crippen molar-refractivity contribution in [3.8, 4) is 0 Å². The lowest BCUT2D eigenvalue weighted by Crippen LogP contribution is -2.40. The summed E-state index contributed by atoms with van der Waals surface area (Å²) in [7, 11) is 0. The molecular weight excluding hydrogens is 312 g/mol. The number of carbonyl (C=O) groups excluding carboxylic acids is 1. The number of carbonyl (C=O) groups is 2. The third-order valence-electron chi connectivity index (χ3n) is 3.25. The molecule has 0 saturated carbocycles. The molecule has 23 heavy (non-hydrogen) atoms. The molecule has 136 valence electrons. The van der Waals surface area contributed by atoms with Gasteiger partial charge in [0.2, 0.25) is 0 Å². The minimum atomic E-state index is -2.70. The summed E-state index contributed by atoms with van der Waals surface area (Å²) in [6.07, 6.45) is -1.14. The van der Waals surface area contributed by atoms with E-state index < -0.39 is 43.0 Å². The highest BCUT2D eigenvalue weighted by Crippen LogP contribution is 2.14. The number of carboxylic acid groups (broad SMARTS) is 1. The van der Waals surface area contributed by atoms with E-state index in [2.05, 4.69) is 0 Å². The second kappa shape index (κ2) is 11.3. The van der Waals surface area contributed by atoms with Crippen molar-refractivity contribution < 1.29 is 45.0 Å². The van der Waals surface area contributed by atoms with Gasteiger partial charge in [0, 0.05) is 12.8 Å². The van der Waals surface area contributed by atoms with Gasteiger partial charge in [-0.05, 0) is 25.7 Å². The number of carboxylic acids is 1. The normalized spacial score (nSPS) is 14.3. The number of rotatable bonds is 13. The quantitative estimate of drug-likeness (QED) is 0.136. The largest absolute Gasteiger partial charge is 0.481 e. The maximum Gasteiger partial charge on any atom is 0.366 e. The van der Waals surface area contributed by atoms with E-state index in [1.807, 2.05) is 0 Å². The predicted octanol–water partition coefficient (Wildman–Crippen LogP) is -1.26. The summed E-state index contributed by atoms with van der Waals surface area (Å²) >= 11 is 0. The van der Waals surface area contributed by atoms with Gasteiger partial charge in [-0.1, -0.05) is 6.42 Å². The summed E-state index contributed by atoms with van der Waals surface area (Å²) in [6.45, 7) is -0.560. The highest BCUT2D eigenvalue weighted by molar-refractivity contribution is 5.77. The number of aliphatic hydroxyl groups excluding tert-OH is 3. The monoisotopic (exact) mass is 338 g/mol. The number of ether oxygens (including phenoxy) is 1. The molecule has 0 aliphatic rings. The van der Waals surface area contributed by atoms with Crippen LogP contribution in [0.25, 0.3) is 0 Å². The van der Waals surface area contributed by atoms with Crippen molar-refractivity contribution in [2.75, 3.05) is 13.2 Å². The molecule has 0 heterocycles. The third-order valence-corrected chi connectivity index (χ3v) is 3.25. The second-order valence-corrected chi connectivity index (χ2v) is 5.37. The summed E-state index contributed by atoms with van der Waals surface area (Å²) in [5.41, 5.74) is 0. The maximum absolute atomic E-state index is 11.4. The van der Waals surface area contributed by atoms with Crippen molar-refractivity contribution in [1.82, 2.24) is 0 Å². The number of hydrogen-bond donors (Lipinski definition) is 6. The first-order valence-electron chi connectivity index (χ1n) is 7.51. The molecule has 0 saturated heterocycles. The van der Waals surface area contributed by atoms with Gasteiger partial charge in [0.1, 0.15) is 6.10 Å². The molecule has 0 aromatic carbocycles. The Balaban J connectivity index is 3.78. The summed E-state index contributed by atoms with van der Waals surface area (Å²) in [5, 5.41) is 54.5.